The van der Waals surface area contributed by atoms with E-state index in [1.807, 2.05) is 0 Å². The summed E-state index contributed by atoms with van der Waals surface area (Å²) in [7, 11) is 1.37. The topological polar surface area (TPSA) is 101 Å². The van der Waals surface area contributed by atoms with Crippen LogP contribution in [0.2, 0.25) is 0 Å². The number of rotatable bonds is 4. The van der Waals surface area contributed by atoms with Gasteiger partial charge < -0.3 is 14.8 Å². The fraction of sp³-hybridized carbons (Fsp3) is 0.250. The van der Waals surface area contributed by atoms with Gasteiger partial charge in [-0.1, -0.05) is 0 Å². The molecule has 7 heteroatoms. The van der Waals surface area contributed by atoms with E-state index in [0.29, 0.717) is 17.1 Å². The highest BCUT2D eigenvalue weighted by Gasteiger charge is 2.16. The normalized spacial score (nSPS) is 12.2. The van der Waals surface area contributed by atoms with Gasteiger partial charge in [0.25, 0.3) is 0 Å². The van der Waals surface area contributed by atoms with Gasteiger partial charge in [-0.15, -0.1) is 0 Å². The lowest BCUT2D eigenvalue weighted by molar-refractivity contribution is -0.385. The van der Waals surface area contributed by atoms with Gasteiger partial charge in [0.15, 0.2) is 5.75 Å². The number of nitro benzene ring substituents is 1. The fourth-order valence-electron chi connectivity index (χ4n) is 1.67. The lowest BCUT2D eigenvalue weighted by atomic mass is 10.2. The Morgan fingerprint density at radius 2 is 2.26 bits per heavy atom. The van der Waals surface area contributed by atoms with Crippen LogP contribution in [0.15, 0.2) is 24.4 Å². The number of hydrogen-bond donors (Lipinski definition) is 2. The van der Waals surface area contributed by atoms with Crippen LogP contribution in [-0.2, 0) is 0 Å². The molecule has 0 aliphatic heterocycles. The smallest absolute Gasteiger partial charge is 0.310 e. The van der Waals surface area contributed by atoms with Crippen LogP contribution in [0.5, 0.6) is 5.75 Å². The Bertz CT molecular complexity index is 607. The molecule has 1 aromatic heterocycles. The van der Waals surface area contributed by atoms with Crippen LogP contribution < -0.4 is 4.74 Å². The van der Waals surface area contributed by atoms with E-state index in [0.717, 1.165) is 0 Å². The number of nitro groups is 1. The molecule has 2 aromatic rings. The third-order valence-electron chi connectivity index (χ3n) is 2.70. The van der Waals surface area contributed by atoms with Gasteiger partial charge in [0, 0.05) is 11.6 Å². The number of aliphatic hydroxyl groups is 1. The average Bonchev–Trinajstić information content (AvgIpc) is 2.87. The summed E-state index contributed by atoms with van der Waals surface area (Å²) in [6, 6.07) is 4.47. The number of methoxy groups -OCH3 is 1. The van der Waals surface area contributed by atoms with Crippen molar-refractivity contribution >= 4 is 5.69 Å². The quantitative estimate of drug-likeness (QED) is 0.649. The minimum atomic E-state index is -0.652. The zero-order valence-electron chi connectivity index (χ0n) is 10.5. The SMILES string of the molecule is COc1cc(-c2ncc([C@H](C)O)[nH]2)ccc1[N+](=O)[O-]. The van der Waals surface area contributed by atoms with Crippen molar-refractivity contribution in [1.29, 1.82) is 0 Å². The van der Waals surface area contributed by atoms with Crippen molar-refractivity contribution < 1.29 is 14.8 Å². The summed E-state index contributed by atoms with van der Waals surface area (Å²) in [6.45, 7) is 1.62. The van der Waals surface area contributed by atoms with Crippen molar-refractivity contribution in [2.45, 2.75) is 13.0 Å². The van der Waals surface area contributed by atoms with Crippen LogP contribution in [0, 0.1) is 10.1 Å². The molecule has 0 bridgehead atoms. The Balaban J connectivity index is 2.42. The molecule has 100 valence electrons. The molecular formula is C12H13N3O4. The van der Waals surface area contributed by atoms with E-state index in [9.17, 15) is 15.2 Å². The predicted octanol–water partition coefficient (Wildman–Crippen LogP) is 2.05. The maximum Gasteiger partial charge on any atom is 0.310 e. The van der Waals surface area contributed by atoms with Crippen LogP contribution >= 0.6 is 0 Å². The Morgan fingerprint density at radius 3 is 2.79 bits per heavy atom. The first-order valence-electron chi connectivity index (χ1n) is 5.58. The third kappa shape index (κ3) is 2.55. The van der Waals surface area contributed by atoms with Gasteiger partial charge in [0.2, 0.25) is 0 Å². The van der Waals surface area contributed by atoms with Gasteiger partial charge in [-0.2, -0.15) is 0 Å². The van der Waals surface area contributed by atoms with Gasteiger partial charge in [-0.05, 0) is 19.1 Å². The van der Waals surface area contributed by atoms with Crippen molar-refractivity contribution in [2.75, 3.05) is 7.11 Å². The predicted molar refractivity (Wildman–Crippen MR) is 67.9 cm³/mol. The van der Waals surface area contributed by atoms with Gasteiger partial charge in [0.05, 0.1) is 30.0 Å². The molecule has 0 aliphatic rings. The first-order chi connectivity index (χ1) is 9.02. The Labute approximate surface area is 109 Å². The first kappa shape index (κ1) is 13.0. The molecular weight excluding hydrogens is 250 g/mol. The summed E-state index contributed by atoms with van der Waals surface area (Å²) in [5, 5.41) is 20.2. The minimum absolute atomic E-state index is 0.103. The molecule has 0 saturated heterocycles. The summed E-state index contributed by atoms with van der Waals surface area (Å²) in [5.74, 6) is 0.682. The van der Waals surface area contributed by atoms with E-state index < -0.39 is 11.0 Å². The zero-order valence-corrected chi connectivity index (χ0v) is 10.5. The van der Waals surface area contributed by atoms with Gasteiger partial charge in [-0.3, -0.25) is 10.1 Å². The van der Waals surface area contributed by atoms with Crippen molar-refractivity contribution in [3.63, 3.8) is 0 Å². The molecule has 7 nitrogen and oxygen atoms in total. The first-order valence-corrected chi connectivity index (χ1v) is 5.58. The van der Waals surface area contributed by atoms with Gasteiger partial charge in [0.1, 0.15) is 5.82 Å². The second kappa shape index (κ2) is 5.07. The molecule has 0 fully saturated rings. The van der Waals surface area contributed by atoms with E-state index in [-0.39, 0.29) is 11.4 Å². The monoisotopic (exact) mass is 263 g/mol. The summed E-state index contributed by atoms with van der Waals surface area (Å²) < 4.78 is 4.99. The van der Waals surface area contributed by atoms with Gasteiger partial charge >= 0.3 is 5.69 Å². The molecule has 0 unspecified atom stereocenters. The molecule has 1 atom stereocenters. The molecule has 2 N–H and O–H groups in total. The number of hydrogen-bond acceptors (Lipinski definition) is 5. The second-order valence-corrected chi connectivity index (χ2v) is 4.01. The second-order valence-electron chi connectivity index (χ2n) is 4.01. The summed E-state index contributed by atoms with van der Waals surface area (Å²) >= 11 is 0. The maximum absolute atomic E-state index is 10.8. The molecule has 0 spiro atoms. The van der Waals surface area contributed by atoms with E-state index in [1.54, 1.807) is 13.0 Å². The van der Waals surface area contributed by atoms with E-state index in [4.69, 9.17) is 4.74 Å². The maximum atomic E-state index is 10.8. The van der Waals surface area contributed by atoms with E-state index >= 15 is 0 Å². The summed E-state index contributed by atoms with van der Waals surface area (Å²) in [4.78, 5) is 17.3. The number of nitrogens with one attached hydrogen (secondary N) is 1. The van der Waals surface area contributed by atoms with Crippen LogP contribution in [0.1, 0.15) is 18.7 Å². The van der Waals surface area contributed by atoms with Crippen molar-refractivity contribution in [3.05, 3.63) is 40.2 Å². The van der Waals surface area contributed by atoms with E-state index in [1.165, 1.54) is 25.4 Å². The fourth-order valence-corrected chi connectivity index (χ4v) is 1.67. The molecule has 0 radical (unpaired) electrons. The van der Waals surface area contributed by atoms with Crippen molar-refractivity contribution in [3.8, 4) is 17.1 Å². The number of benzene rings is 1. The highest BCUT2D eigenvalue weighted by molar-refractivity contribution is 5.63. The highest BCUT2D eigenvalue weighted by Crippen LogP contribution is 2.31. The average molecular weight is 263 g/mol. The Hall–Kier alpha value is -2.41. The van der Waals surface area contributed by atoms with Crippen LogP contribution in [0.3, 0.4) is 0 Å². The molecule has 1 aromatic carbocycles. The Morgan fingerprint density at radius 1 is 1.53 bits per heavy atom. The van der Waals surface area contributed by atoms with Crippen LogP contribution in [-0.4, -0.2) is 27.1 Å². The summed E-state index contributed by atoms with van der Waals surface area (Å²) in [5.41, 5.74) is 1.12. The molecule has 1 heterocycles. The Kier molecular flexibility index (Phi) is 3.48. The lowest BCUT2D eigenvalue weighted by Gasteiger charge is -2.04. The molecule has 2 rings (SSSR count). The number of H-pyrrole nitrogens is 1. The summed E-state index contributed by atoms with van der Waals surface area (Å²) in [6.07, 6.45) is 0.870. The molecule has 0 saturated carbocycles. The molecule has 0 amide bonds. The standard InChI is InChI=1S/C12H13N3O4/c1-7(16)9-6-13-12(14-9)8-3-4-10(15(17)18)11(5-8)19-2/h3-7,16H,1-2H3,(H,13,14)/t7-/m0/s1. The van der Waals surface area contributed by atoms with Crippen LogP contribution in [0.4, 0.5) is 5.69 Å². The van der Waals surface area contributed by atoms with Crippen molar-refractivity contribution in [1.82, 2.24) is 9.97 Å². The highest BCUT2D eigenvalue weighted by atomic mass is 16.6. The number of nitrogens with zero attached hydrogens (tertiary/aromatic N) is 2. The number of ether oxygens (including phenoxy) is 1. The molecule has 0 aliphatic carbocycles. The minimum Gasteiger partial charge on any atom is -0.490 e. The van der Waals surface area contributed by atoms with Gasteiger partial charge in [-0.25, -0.2) is 4.98 Å². The third-order valence-corrected chi connectivity index (χ3v) is 2.70. The lowest BCUT2D eigenvalue weighted by Crippen LogP contribution is -1.94. The largest absolute Gasteiger partial charge is 0.490 e. The number of aromatic amines is 1. The number of aromatic nitrogens is 2. The van der Waals surface area contributed by atoms with E-state index in [2.05, 4.69) is 9.97 Å². The number of aliphatic hydroxyl groups excluding tert-OH is 1. The van der Waals surface area contributed by atoms with Crippen molar-refractivity contribution in [2.24, 2.45) is 0 Å². The van der Waals surface area contributed by atoms with Crippen LogP contribution in [0.25, 0.3) is 11.4 Å². The zero-order chi connectivity index (χ0) is 14.0. The molecule has 19 heavy (non-hydrogen) atoms. The number of imidazole rings is 1.